The summed E-state index contributed by atoms with van der Waals surface area (Å²) in [5.74, 6) is -0.619. The second-order valence-corrected chi connectivity index (χ2v) is 8.89. The van der Waals surface area contributed by atoms with Crippen molar-refractivity contribution in [2.75, 3.05) is 13.6 Å². The van der Waals surface area contributed by atoms with E-state index in [0.29, 0.717) is 6.42 Å². The minimum atomic E-state index is -0.833. The van der Waals surface area contributed by atoms with Crippen molar-refractivity contribution in [2.45, 2.75) is 31.0 Å². The molecule has 34 heavy (non-hydrogen) atoms. The van der Waals surface area contributed by atoms with E-state index in [1.54, 1.807) is 0 Å². The number of aromatic nitrogens is 4. The van der Waals surface area contributed by atoms with Crippen LogP contribution < -0.4 is 11.1 Å². The number of amides is 1. The lowest BCUT2D eigenvalue weighted by atomic mass is 9.86. The van der Waals surface area contributed by atoms with Crippen molar-refractivity contribution >= 4 is 11.6 Å². The Balaban J connectivity index is 1.49. The molecule has 1 fully saturated rings. The molecule has 0 saturated carbocycles. The zero-order valence-corrected chi connectivity index (χ0v) is 19.0. The third kappa shape index (κ3) is 3.93. The maximum atomic E-state index is 13.7. The molecule has 3 aromatic heterocycles. The van der Waals surface area contributed by atoms with Gasteiger partial charge in [-0.15, -0.1) is 0 Å². The van der Waals surface area contributed by atoms with Crippen LogP contribution in [0.2, 0.25) is 0 Å². The highest BCUT2D eigenvalue weighted by Gasteiger charge is 2.48. The van der Waals surface area contributed by atoms with E-state index in [2.05, 4.69) is 41.8 Å². The van der Waals surface area contributed by atoms with E-state index in [0.717, 1.165) is 22.5 Å². The SMILES string of the molecule is Cc1cnc2ccc(C3C(c4ccc(F)cc4)CC(N)(CNC(=O)c4cnccn4)N3C)cn12. The number of halogens is 1. The minimum Gasteiger partial charge on any atom is -0.347 e. The van der Waals surface area contributed by atoms with Crippen molar-refractivity contribution in [3.8, 4) is 0 Å². The van der Waals surface area contributed by atoms with Crippen molar-refractivity contribution in [3.05, 3.63) is 95.7 Å². The summed E-state index contributed by atoms with van der Waals surface area (Å²) >= 11 is 0. The molecule has 4 heterocycles. The fourth-order valence-corrected chi connectivity index (χ4v) is 4.88. The van der Waals surface area contributed by atoms with Crippen LogP contribution in [0.25, 0.3) is 5.65 Å². The molecule has 174 valence electrons. The van der Waals surface area contributed by atoms with Crippen molar-refractivity contribution < 1.29 is 9.18 Å². The lowest BCUT2D eigenvalue weighted by Gasteiger charge is -2.35. The predicted octanol–water partition coefficient (Wildman–Crippen LogP) is 2.82. The van der Waals surface area contributed by atoms with Crippen LogP contribution in [0.4, 0.5) is 4.39 Å². The van der Waals surface area contributed by atoms with Gasteiger partial charge in [0.15, 0.2) is 0 Å². The summed E-state index contributed by atoms with van der Waals surface area (Å²) < 4.78 is 15.7. The number of carbonyl (C=O) groups excluding carboxylic acids is 1. The zero-order valence-electron chi connectivity index (χ0n) is 19.0. The second kappa shape index (κ2) is 8.58. The first-order valence-electron chi connectivity index (χ1n) is 11.1. The molecule has 9 heteroatoms. The molecule has 0 radical (unpaired) electrons. The number of nitrogens with one attached hydrogen (secondary N) is 1. The van der Waals surface area contributed by atoms with Gasteiger partial charge in [-0.2, -0.15) is 0 Å². The van der Waals surface area contributed by atoms with Gasteiger partial charge >= 0.3 is 0 Å². The van der Waals surface area contributed by atoms with Gasteiger partial charge in [0.05, 0.1) is 11.9 Å². The van der Waals surface area contributed by atoms with E-state index in [-0.39, 0.29) is 35.9 Å². The Labute approximate surface area is 196 Å². The minimum absolute atomic E-state index is 0.00898. The van der Waals surface area contributed by atoms with Crippen LogP contribution in [-0.4, -0.2) is 49.4 Å². The average molecular weight is 460 g/mol. The highest BCUT2D eigenvalue weighted by atomic mass is 19.1. The summed E-state index contributed by atoms with van der Waals surface area (Å²) in [6.45, 7) is 2.23. The third-order valence-electron chi connectivity index (χ3n) is 6.78. The lowest BCUT2D eigenvalue weighted by Crippen LogP contribution is -2.57. The van der Waals surface area contributed by atoms with Gasteiger partial charge < -0.3 is 15.5 Å². The molecule has 1 aromatic carbocycles. The Morgan fingerprint density at radius 2 is 1.91 bits per heavy atom. The first-order chi connectivity index (χ1) is 16.4. The largest absolute Gasteiger partial charge is 0.347 e. The van der Waals surface area contributed by atoms with Gasteiger partial charge in [0.25, 0.3) is 5.91 Å². The molecule has 0 spiro atoms. The topological polar surface area (TPSA) is 101 Å². The number of hydrogen-bond donors (Lipinski definition) is 2. The summed E-state index contributed by atoms with van der Waals surface area (Å²) in [5.41, 5.74) is 10.3. The maximum absolute atomic E-state index is 13.7. The van der Waals surface area contributed by atoms with Crippen LogP contribution in [0.1, 0.15) is 45.7 Å². The van der Waals surface area contributed by atoms with Gasteiger partial charge in [-0.05, 0) is 49.7 Å². The monoisotopic (exact) mass is 459 g/mol. The smallest absolute Gasteiger partial charge is 0.271 e. The predicted molar refractivity (Wildman–Crippen MR) is 125 cm³/mol. The summed E-state index contributed by atoms with van der Waals surface area (Å²) in [4.78, 5) is 27.1. The molecule has 1 aliphatic rings. The molecule has 4 aromatic rings. The Morgan fingerprint density at radius 1 is 1.15 bits per heavy atom. The van der Waals surface area contributed by atoms with E-state index in [4.69, 9.17) is 5.73 Å². The van der Waals surface area contributed by atoms with E-state index in [1.807, 2.05) is 38.4 Å². The number of nitrogens with zero attached hydrogens (tertiary/aromatic N) is 5. The van der Waals surface area contributed by atoms with Crippen LogP contribution >= 0.6 is 0 Å². The number of hydrogen-bond acceptors (Lipinski definition) is 6. The van der Waals surface area contributed by atoms with Gasteiger partial charge in [-0.3, -0.25) is 14.7 Å². The molecular formula is C25H26FN7O. The number of rotatable bonds is 5. The number of carbonyl (C=O) groups is 1. The van der Waals surface area contributed by atoms with Gasteiger partial charge in [0.1, 0.15) is 17.2 Å². The number of imidazole rings is 1. The highest BCUT2D eigenvalue weighted by molar-refractivity contribution is 5.91. The summed E-state index contributed by atoms with van der Waals surface area (Å²) in [7, 11) is 1.97. The molecule has 0 bridgehead atoms. The van der Waals surface area contributed by atoms with Crippen molar-refractivity contribution in [2.24, 2.45) is 5.73 Å². The van der Waals surface area contributed by atoms with Gasteiger partial charge in [-0.25, -0.2) is 14.4 Å². The number of nitrogens with two attached hydrogens (primary N) is 1. The molecule has 3 N–H and O–H groups in total. The number of likely N-dealkylation sites (N-methyl/N-ethyl adjacent to an activating group) is 1. The first kappa shape index (κ1) is 22.1. The fourth-order valence-electron chi connectivity index (χ4n) is 4.88. The average Bonchev–Trinajstić information content (AvgIpc) is 3.35. The van der Waals surface area contributed by atoms with Crippen LogP contribution in [0, 0.1) is 12.7 Å². The number of aryl methyl sites for hydroxylation is 1. The molecule has 0 aliphatic carbocycles. The van der Waals surface area contributed by atoms with Crippen molar-refractivity contribution in [3.63, 3.8) is 0 Å². The Morgan fingerprint density at radius 3 is 2.65 bits per heavy atom. The number of pyridine rings is 1. The van der Waals surface area contributed by atoms with E-state index >= 15 is 0 Å². The zero-order chi connectivity index (χ0) is 23.9. The summed E-state index contributed by atoms with van der Waals surface area (Å²) in [6, 6.07) is 10.5. The molecular weight excluding hydrogens is 433 g/mol. The van der Waals surface area contributed by atoms with Gasteiger partial charge in [-0.1, -0.05) is 18.2 Å². The van der Waals surface area contributed by atoms with Crippen molar-refractivity contribution in [1.29, 1.82) is 0 Å². The maximum Gasteiger partial charge on any atom is 0.271 e. The summed E-state index contributed by atoms with van der Waals surface area (Å²) in [6.07, 6.45) is 8.90. The van der Waals surface area contributed by atoms with Crippen LogP contribution in [-0.2, 0) is 0 Å². The van der Waals surface area contributed by atoms with Gasteiger partial charge in [0.2, 0.25) is 0 Å². The summed E-state index contributed by atoms with van der Waals surface area (Å²) in [5, 5.41) is 2.92. The van der Waals surface area contributed by atoms with E-state index in [1.165, 1.54) is 30.7 Å². The van der Waals surface area contributed by atoms with Crippen LogP contribution in [0.3, 0.4) is 0 Å². The second-order valence-electron chi connectivity index (χ2n) is 8.89. The molecule has 5 rings (SSSR count). The molecule has 1 amide bonds. The normalized spacial score (nSPS) is 22.8. The Kier molecular flexibility index (Phi) is 5.59. The molecule has 8 nitrogen and oxygen atoms in total. The Hall–Kier alpha value is -3.69. The van der Waals surface area contributed by atoms with Crippen molar-refractivity contribution in [1.82, 2.24) is 29.6 Å². The molecule has 3 unspecified atom stereocenters. The molecule has 1 saturated heterocycles. The van der Waals surface area contributed by atoms with Crippen LogP contribution in [0.15, 0.2) is 67.4 Å². The third-order valence-corrected chi connectivity index (χ3v) is 6.78. The first-order valence-corrected chi connectivity index (χ1v) is 11.1. The van der Waals surface area contributed by atoms with Crippen LogP contribution in [0.5, 0.6) is 0 Å². The lowest BCUT2D eigenvalue weighted by molar-refractivity contribution is 0.0883. The van der Waals surface area contributed by atoms with E-state index < -0.39 is 5.66 Å². The van der Waals surface area contributed by atoms with E-state index in [9.17, 15) is 9.18 Å². The van der Waals surface area contributed by atoms with Gasteiger partial charge in [0, 0.05) is 49.0 Å². The number of benzene rings is 1. The Bertz CT molecular complexity index is 1320. The highest BCUT2D eigenvalue weighted by Crippen LogP contribution is 2.48. The number of likely N-dealkylation sites (tertiary alicyclic amines) is 1. The standard InChI is InChI=1S/C25H26FN7O/c1-16-12-30-22-8-5-18(14-33(16)22)23-20(17-3-6-19(26)7-4-17)11-25(27,32(23)2)15-31-24(34)21-13-28-9-10-29-21/h3-10,12-14,20,23H,11,15,27H2,1-2H3,(H,31,34). The quantitative estimate of drug-likeness (QED) is 0.476. The molecule has 3 atom stereocenters. The number of fused-ring (bicyclic) bond motifs is 1. The fraction of sp³-hybridized carbons (Fsp3) is 0.280. The molecule has 1 aliphatic heterocycles.